The van der Waals surface area contributed by atoms with Crippen molar-refractivity contribution in [3.05, 3.63) is 47.4 Å². The second kappa shape index (κ2) is 6.84. The molecule has 0 unspecified atom stereocenters. The van der Waals surface area contributed by atoms with E-state index in [4.69, 9.17) is 4.74 Å². The molecule has 21 heavy (non-hydrogen) atoms. The van der Waals surface area contributed by atoms with Crippen LogP contribution in [0.2, 0.25) is 0 Å². The van der Waals surface area contributed by atoms with Crippen molar-refractivity contribution >= 4 is 10.0 Å². The standard InChI is InChI=1S/C14H19N3O3S/c1-3-20-10-13-7-5-4-6-12(13)8-16-21(18,19)14-9-15-11(2)17-14/h4-7,9,16H,3,8,10H2,1-2H3,(H,15,17). The van der Waals surface area contributed by atoms with Crippen LogP contribution in [0.25, 0.3) is 0 Å². The highest BCUT2D eigenvalue weighted by atomic mass is 32.2. The maximum atomic E-state index is 12.1. The van der Waals surface area contributed by atoms with Crippen molar-refractivity contribution in [2.24, 2.45) is 0 Å². The Balaban J connectivity index is 2.09. The molecule has 6 nitrogen and oxygen atoms in total. The average Bonchev–Trinajstić information content (AvgIpc) is 2.91. The highest BCUT2D eigenvalue weighted by Gasteiger charge is 2.16. The van der Waals surface area contributed by atoms with E-state index in [0.717, 1.165) is 11.1 Å². The number of aromatic nitrogens is 2. The van der Waals surface area contributed by atoms with Gasteiger partial charge in [-0.2, -0.15) is 0 Å². The minimum absolute atomic E-state index is 0.0716. The first-order valence-electron chi connectivity index (χ1n) is 6.68. The van der Waals surface area contributed by atoms with Crippen LogP contribution in [0.5, 0.6) is 0 Å². The van der Waals surface area contributed by atoms with E-state index in [2.05, 4.69) is 14.7 Å². The minimum Gasteiger partial charge on any atom is -0.377 e. The lowest BCUT2D eigenvalue weighted by molar-refractivity contribution is 0.133. The third-order valence-electron chi connectivity index (χ3n) is 3.00. The molecule has 114 valence electrons. The van der Waals surface area contributed by atoms with E-state index in [1.165, 1.54) is 6.20 Å². The van der Waals surface area contributed by atoms with Gasteiger partial charge in [0.05, 0.1) is 12.8 Å². The summed E-state index contributed by atoms with van der Waals surface area (Å²) < 4.78 is 32.2. The quantitative estimate of drug-likeness (QED) is 0.816. The molecule has 0 spiro atoms. The summed E-state index contributed by atoms with van der Waals surface area (Å²) in [6.07, 6.45) is 1.31. The summed E-state index contributed by atoms with van der Waals surface area (Å²) >= 11 is 0. The molecule has 0 atom stereocenters. The number of aryl methyl sites for hydroxylation is 1. The highest BCUT2D eigenvalue weighted by molar-refractivity contribution is 7.89. The molecule has 0 saturated carbocycles. The number of hydrogen-bond acceptors (Lipinski definition) is 4. The number of H-pyrrole nitrogens is 1. The molecule has 0 aliphatic rings. The van der Waals surface area contributed by atoms with E-state index in [1.54, 1.807) is 6.92 Å². The maximum Gasteiger partial charge on any atom is 0.257 e. The van der Waals surface area contributed by atoms with Crippen LogP contribution in [0, 0.1) is 6.92 Å². The van der Waals surface area contributed by atoms with Gasteiger partial charge in [0.25, 0.3) is 10.0 Å². The van der Waals surface area contributed by atoms with Crippen LogP contribution >= 0.6 is 0 Å². The fraction of sp³-hybridized carbons (Fsp3) is 0.357. The number of nitrogens with one attached hydrogen (secondary N) is 2. The lowest BCUT2D eigenvalue weighted by atomic mass is 10.1. The summed E-state index contributed by atoms with van der Waals surface area (Å²) in [5, 5.41) is 0.0716. The topological polar surface area (TPSA) is 84.1 Å². The molecule has 0 aliphatic heterocycles. The van der Waals surface area contributed by atoms with Gasteiger partial charge in [-0.25, -0.2) is 18.1 Å². The third-order valence-corrected chi connectivity index (χ3v) is 4.31. The van der Waals surface area contributed by atoms with Crippen molar-refractivity contribution in [2.45, 2.75) is 32.0 Å². The van der Waals surface area contributed by atoms with Crippen molar-refractivity contribution in [3.8, 4) is 0 Å². The largest absolute Gasteiger partial charge is 0.377 e. The van der Waals surface area contributed by atoms with E-state index < -0.39 is 10.0 Å². The van der Waals surface area contributed by atoms with Gasteiger partial charge in [-0.05, 0) is 25.0 Å². The van der Waals surface area contributed by atoms with Gasteiger partial charge < -0.3 is 9.72 Å². The summed E-state index contributed by atoms with van der Waals surface area (Å²) in [5.41, 5.74) is 1.87. The van der Waals surface area contributed by atoms with Crippen molar-refractivity contribution in [3.63, 3.8) is 0 Å². The van der Waals surface area contributed by atoms with Crippen molar-refractivity contribution in [1.29, 1.82) is 0 Å². The molecule has 2 rings (SSSR count). The molecule has 0 amide bonds. The van der Waals surface area contributed by atoms with Gasteiger partial charge in [0.2, 0.25) is 0 Å². The monoisotopic (exact) mass is 309 g/mol. The third kappa shape index (κ3) is 4.13. The second-order valence-corrected chi connectivity index (χ2v) is 6.30. The number of nitrogens with zero attached hydrogens (tertiary/aromatic N) is 1. The van der Waals surface area contributed by atoms with Crippen LogP contribution in [-0.2, 0) is 27.9 Å². The van der Waals surface area contributed by atoms with Crippen LogP contribution < -0.4 is 4.72 Å². The zero-order valence-corrected chi connectivity index (χ0v) is 12.9. The van der Waals surface area contributed by atoms with Gasteiger partial charge in [-0.1, -0.05) is 24.3 Å². The number of sulfonamides is 1. The smallest absolute Gasteiger partial charge is 0.257 e. The van der Waals surface area contributed by atoms with Gasteiger partial charge in [-0.15, -0.1) is 0 Å². The molecule has 0 radical (unpaired) electrons. The first-order chi connectivity index (χ1) is 10.0. The lowest BCUT2D eigenvalue weighted by Crippen LogP contribution is -2.24. The molecule has 1 aromatic carbocycles. The zero-order valence-electron chi connectivity index (χ0n) is 12.1. The highest BCUT2D eigenvalue weighted by Crippen LogP contribution is 2.12. The normalized spacial score (nSPS) is 11.7. The van der Waals surface area contributed by atoms with E-state index in [-0.39, 0.29) is 11.6 Å². The Morgan fingerprint density at radius 1 is 1.29 bits per heavy atom. The van der Waals surface area contributed by atoms with Gasteiger partial charge >= 0.3 is 0 Å². The minimum atomic E-state index is -3.58. The van der Waals surface area contributed by atoms with Gasteiger partial charge in [0.15, 0.2) is 5.03 Å². The Hall–Kier alpha value is -1.70. The average molecular weight is 309 g/mol. The Morgan fingerprint density at radius 2 is 2.00 bits per heavy atom. The molecule has 1 heterocycles. The van der Waals surface area contributed by atoms with E-state index in [0.29, 0.717) is 19.0 Å². The first kappa shape index (κ1) is 15.7. The second-order valence-electron chi connectivity index (χ2n) is 4.56. The molecular formula is C14H19N3O3S. The fourth-order valence-electron chi connectivity index (χ4n) is 1.87. The lowest BCUT2D eigenvalue weighted by Gasteiger charge is -2.10. The summed E-state index contributed by atoms with van der Waals surface area (Å²) in [7, 11) is -3.58. The first-order valence-corrected chi connectivity index (χ1v) is 8.17. The zero-order chi connectivity index (χ0) is 15.3. The molecule has 7 heteroatoms. The molecule has 0 bridgehead atoms. The Morgan fingerprint density at radius 3 is 2.62 bits per heavy atom. The van der Waals surface area contributed by atoms with Crippen LogP contribution in [-0.4, -0.2) is 25.0 Å². The van der Waals surface area contributed by atoms with E-state index >= 15 is 0 Å². The molecule has 2 aromatic rings. The Kier molecular flexibility index (Phi) is 5.11. The molecule has 1 aromatic heterocycles. The summed E-state index contributed by atoms with van der Waals surface area (Å²) in [6.45, 7) is 4.93. The molecular weight excluding hydrogens is 290 g/mol. The molecule has 0 fully saturated rings. The van der Waals surface area contributed by atoms with Crippen LogP contribution in [0.3, 0.4) is 0 Å². The predicted octanol–water partition coefficient (Wildman–Crippen LogP) is 1.73. The molecule has 2 N–H and O–H groups in total. The predicted molar refractivity (Wildman–Crippen MR) is 79.1 cm³/mol. The number of rotatable bonds is 7. The summed E-state index contributed by atoms with van der Waals surface area (Å²) in [4.78, 5) is 6.62. The molecule has 0 saturated heterocycles. The summed E-state index contributed by atoms with van der Waals surface area (Å²) in [5.74, 6) is 0.562. The fourth-order valence-corrected chi connectivity index (χ4v) is 2.84. The Bertz CT molecular complexity index is 695. The van der Waals surface area contributed by atoms with Crippen LogP contribution in [0.15, 0.2) is 35.5 Å². The van der Waals surface area contributed by atoms with Crippen LogP contribution in [0.1, 0.15) is 23.9 Å². The summed E-state index contributed by atoms with van der Waals surface area (Å²) in [6, 6.07) is 7.60. The van der Waals surface area contributed by atoms with Crippen molar-refractivity contribution in [1.82, 2.24) is 14.7 Å². The number of aromatic amines is 1. The van der Waals surface area contributed by atoms with E-state index in [9.17, 15) is 8.42 Å². The van der Waals surface area contributed by atoms with Gasteiger partial charge in [0, 0.05) is 13.2 Å². The van der Waals surface area contributed by atoms with Gasteiger partial charge in [-0.3, -0.25) is 0 Å². The molecule has 0 aliphatic carbocycles. The number of imidazole rings is 1. The number of ether oxygens (including phenoxy) is 1. The van der Waals surface area contributed by atoms with Crippen molar-refractivity contribution in [2.75, 3.05) is 6.61 Å². The van der Waals surface area contributed by atoms with E-state index in [1.807, 2.05) is 31.2 Å². The van der Waals surface area contributed by atoms with Crippen molar-refractivity contribution < 1.29 is 13.2 Å². The SMILES string of the molecule is CCOCc1ccccc1CNS(=O)(=O)c1cnc(C)[nH]1. The maximum absolute atomic E-state index is 12.1. The number of benzene rings is 1. The van der Waals surface area contributed by atoms with Gasteiger partial charge in [0.1, 0.15) is 5.82 Å². The van der Waals surface area contributed by atoms with Crippen LogP contribution in [0.4, 0.5) is 0 Å². The number of hydrogen-bond donors (Lipinski definition) is 2. The Labute approximate surface area is 124 Å².